The number of rotatable bonds is 5. The zero-order valence-electron chi connectivity index (χ0n) is 15.5. The molecule has 0 saturated carbocycles. The summed E-state index contributed by atoms with van der Waals surface area (Å²) < 4.78 is 5.87. The maximum absolute atomic E-state index is 5.91. The minimum atomic E-state index is 0. The first kappa shape index (κ1) is 22.3. The number of benzene rings is 2. The largest absolute Gasteiger partial charge is 0.492 e. The Morgan fingerprint density at radius 3 is 2.37 bits per heavy atom. The van der Waals surface area contributed by atoms with Gasteiger partial charge in [0.1, 0.15) is 12.4 Å². The van der Waals surface area contributed by atoms with Crippen LogP contribution in [0.25, 0.3) is 0 Å². The van der Waals surface area contributed by atoms with E-state index in [0.29, 0.717) is 6.04 Å². The highest BCUT2D eigenvalue weighted by Crippen LogP contribution is 2.43. The van der Waals surface area contributed by atoms with Crippen LogP contribution in [0.15, 0.2) is 54.6 Å². The molecule has 0 N–H and O–H groups in total. The lowest BCUT2D eigenvalue weighted by atomic mass is 9.90. The van der Waals surface area contributed by atoms with E-state index in [1.54, 1.807) is 0 Å². The molecular weight excluding hydrogens is 403 g/mol. The number of hydrogen-bond acceptors (Lipinski definition) is 3. The number of halogens is 3. The highest BCUT2D eigenvalue weighted by Gasteiger charge is 2.45. The summed E-state index contributed by atoms with van der Waals surface area (Å²) in [6.45, 7) is 5.26. The molecule has 0 spiro atoms. The lowest BCUT2D eigenvalue weighted by Crippen LogP contribution is -2.31. The van der Waals surface area contributed by atoms with Gasteiger partial charge in [-0.3, -0.25) is 9.80 Å². The monoisotopic (exact) mass is 428 g/mol. The number of nitrogens with zero attached hydrogens (tertiary/aromatic N) is 2. The van der Waals surface area contributed by atoms with E-state index in [4.69, 9.17) is 16.3 Å². The van der Waals surface area contributed by atoms with Crippen molar-refractivity contribution >= 4 is 36.4 Å². The molecule has 0 amide bonds. The smallest absolute Gasteiger partial charge is 0.119 e. The molecule has 4 rings (SSSR count). The van der Waals surface area contributed by atoms with Gasteiger partial charge in [-0.15, -0.1) is 24.8 Å². The van der Waals surface area contributed by atoms with Crippen LogP contribution in [0.1, 0.15) is 11.6 Å². The summed E-state index contributed by atoms with van der Waals surface area (Å²) in [4.78, 5) is 5.10. The maximum atomic E-state index is 5.91. The molecule has 6 heteroatoms. The Hall–Kier alpha value is -0.970. The van der Waals surface area contributed by atoms with E-state index >= 15 is 0 Å². The SMILES string of the molecule is CN1C[C@H]2CN(CCOc3ccc(Cl)cc3)C[C@H]2[C@@H]1c1ccccc1.Cl.Cl. The molecule has 3 atom stereocenters. The van der Waals surface area contributed by atoms with Crippen molar-refractivity contribution in [2.45, 2.75) is 6.04 Å². The first-order chi connectivity index (χ1) is 12.2. The quantitative estimate of drug-likeness (QED) is 0.679. The fourth-order valence-electron chi connectivity index (χ4n) is 4.51. The summed E-state index contributed by atoms with van der Waals surface area (Å²) in [5, 5.41) is 0.746. The maximum Gasteiger partial charge on any atom is 0.119 e. The van der Waals surface area contributed by atoms with Crippen LogP contribution >= 0.6 is 36.4 Å². The van der Waals surface area contributed by atoms with Gasteiger partial charge in [0.05, 0.1) is 0 Å². The average molecular weight is 430 g/mol. The normalized spacial score (nSPS) is 24.7. The van der Waals surface area contributed by atoms with Gasteiger partial charge in [-0.05, 0) is 48.7 Å². The van der Waals surface area contributed by atoms with Gasteiger partial charge in [-0.1, -0.05) is 41.9 Å². The standard InChI is InChI=1S/C21H25ClN2O.2ClH/c1-23-13-17-14-24(11-12-25-19-9-7-18(22)8-10-19)15-20(17)21(23)16-5-3-2-4-6-16;;/h2-10,17,20-21H,11-15H2,1H3;2*1H/t17-,20+,21-;;/m0../s1. The highest BCUT2D eigenvalue weighted by atomic mass is 35.5. The van der Waals surface area contributed by atoms with Crippen molar-refractivity contribution in [3.63, 3.8) is 0 Å². The van der Waals surface area contributed by atoms with E-state index in [1.165, 1.54) is 25.2 Å². The van der Waals surface area contributed by atoms with Crippen LogP contribution in [0.2, 0.25) is 5.02 Å². The first-order valence-electron chi connectivity index (χ1n) is 9.06. The molecule has 148 valence electrons. The molecule has 2 aliphatic heterocycles. The topological polar surface area (TPSA) is 15.7 Å². The van der Waals surface area contributed by atoms with Crippen LogP contribution in [-0.4, -0.2) is 49.6 Å². The van der Waals surface area contributed by atoms with Crippen molar-refractivity contribution in [3.05, 3.63) is 65.2 Å². The number of hydrogen-bond donors (Lipinski definition) is 0. The Bertz CT molecular complexity index is 698. The van der Waals surface area contributed by atoms with E-state index in [0.717, 1.165) is 35.8 Å². The molecule has 3 nitrogen and oxygen atoms in total. The van der Waals surface area contributed by atoms with Gasteiger partial charge in [0.2, 0.25) is 0 Å². The Morgan fingerprint density at radius 2 is 1.67 bits per heavy atom. The Labute approximate surface area is 179 Å². The van der Waals surface area contributed by atoms with Crippen molar-refractivity contribution in [3.8, 4) is 5.75 Å². The summed E-state index contributed by atoms with van der Waals surface area (Å²) >= 11 is 5.91. The zero-order valence-corrected chi connectivity index (χ0v) is 17.8. The summed E-state index contributed by atoms with van der Waals surface area (Å²) in [5.74, 6) is 2.39. The molecule has 2 aromatic carbocycles. The predicted molar refractivity (Wildman–Crippen MR) is 117 cm³/mol. The third kappa shape index (κ3) is 5.10. The molecule has 0 aliphatic carbocycles. The third-order valence-electron chi connectivity index (χ3n) is 5.60. The molecule has 2 aromatic rings. The van der Waals surface area contributed by atoms with Crippen LogP contribution in [-0.2, 0) is 0 Å². The van der Waals surface area contributed by atoms with Gasteiger partial charge in [0, 0.05) is 37.2 Å². The molecule has 0 bridgehead atoms. The Kier molecular flexibility index (Phi) is 8.26. The van der Waals surface area contributed by atoms with Gasteiger partial charge >= 0.3 is 0 Å². The number of ether oxygens (including phenoxy) is 1. The third-order valence-corrected chi connectivity index (χ3v) is 5.85. The van der Waals surface area contributed by atoms with Crippen LogP contribution in [0, 0.1) is 11.8 Å². The number of fused-ring (bicyclic) bond motifs is 1. The lowest BCUT2D eigenvalue weighted by Gasteiger charge is -2.26. The van der Waals surface area contributed by atoms with Gasteiger partial charge < -0.3 is 4.74 Å². The van der Waals surface area contributed by atoms with E-state index in [9.17, 15) is 0 Å². The van der Waals surface area contributed by atoms with Gasteiger partial charge in [0.15, 0.2) is 0 Å². The molecule has 0 radical (unpaired) electrons. The molecule has 0 aromatic heterocycles. The second kappa shape index (κ2) is 9.99. The van der Waals surface area contributed by atoms with Crippen molar-refractivity contribution in [2.24, 2.45) is 11.8 Å². The molecule has 0 unspecified atom stereocenters. The zero-order chi connectivity index (χ0) is 17.2. The summed E-state index contributed by atoms with van der Waals surface area (Å²) in [6, 6.07) is 19.1. The van der Waals surface area contributed by atoms with Crippen molar-refractivity contribution < 1.29 is 4.74 Å². The van der Waals surface area contributed by atoms with Gasteiger partial charge in [-0.25, -0.2) is 0 Å². The second-order valence-corrected chi connectivity index (χ2v) is 7.72. The van der Waals surface area contributed by atoms with Crippen LogP contribution < -0.4 is 4.74 Å². The van der Waals surface area contributed by atoms with E-state index in [2.05, 4.69) is 47.2 Å². The fourth-order valence-corrected chi connectivity index (χ4v) is 4.63. The number of likely N-dealkylation sites (tertiary alicyclic amines) is 2. The average Bonchev–Trinajstić information content (AvgIpc) is 3.13. The summed E-state index contributed by atoms with van der Waals surface area (Å²) in [6.07, 6.45) is 0. The van der Waals surface area contributed by atoms with Gasteiger partial charge in [-0.2, -0.15) is 0 Å². The fraction of sp³-hybridized carbons (Fsp3) is 0.429. The van der Waals surface area contributed by atoms with Crippen LogP contribution in [0.3, 0.4) is 0 Å². The molecule has 2 fully saturated rings. The second-order valence-electron chi connectivity index (χ2n) is 7.28. The van der Waals surface area contributed by atoms with E-state index in [-0.39, 0.29) is 24.8 Å². The first-order valence-corrected chi connectivity index (χ1v) is 9.44. The Morgan fingerprint density at radius 1 is 0.963 bits per heavy atom. The minimum absolute atomic E-state index is 0. The van der Waals surface area contributed by atoms with Crippen molar-refractivity contribution in [2.75, 3.05) is 39.8 Å². The Balaban J connectivity index is 0.00000131. The summed E-state index contributed by atoms with van der Waals surface area (Å²) in [5.41, 5.74) is 1.46. The van der Waals surface area contributed by atoms with Crippen molar-refractivity contribution in [1.29, 1.82) is 0 Å². The molecule has 27 heavy (non-hydrogen) atoms. The predicted octanol–water partition coefficient (Wildman–Crippen LogP) is 4.80. The van der Waals surface area contributed by atoms with E-state index in [1.807, 2.05) is 24.3 Å². The van der Waals surface area contributed by atoms with Crippen LogP contribution in [0.5, 0.6) is 5.75 Å². The highest BCUT2D eigenvalue weighted by molar-refractivity contribution is 6.30. The van der Waals surface area contributed by atoms with E-state index < -0.39 is 0 Å². The van der Waals surface area contributed by atoms with Gasteiger partial charge in [0.25, 0.3) is 0 Å². The summed E-state index contributed by atoms with van der Waals surface area (Å²) in [7, 11) is 2.27. The van der Waals surface area contributed by atoms with Crippen LogP contribution in [0.4, 0.5) is 0 Å². The molecule has 2 saturated heterocycles. The minimum Gasteiger partial charge on any atom is -0.492 e. The molecule has 2 aliphatic rings. The lowest BCUT2D eigenvalue weighted by molar-refractivity contribution is 0.198. The molecular formula is C21H27Cl3N2O. The van der Waals surface area contributed by atoms with Crippen molar-refractivity contribution in [1.82, 2.24) is 9.80 Å². The molecule has 2 heterocycles.